The van der Waals surface area contributed by atoms with Crippen molar-refractivity contribution in [3.63, 3.8) is 0 Å². The molecule has 5 nitrogen and oxygen atoms in total. The van der Waals surface area contributed by atoms with E-state index in [4.69, 9.17) is 17.3 Å². The number of nitrogen functional groups attached to an aromatic ring is 1. The molecule has 17 heavy (non-hydrogen) atoms. The molecule has 0 bridgehead atoms. The van der Waals surface area contributed by atoms with Gasteiger partial charge in [0, 0.05) is 26.2 Å². The molecule has 1 aromatic heterocycles. The predicted octanol–water partition coefficient (Wildman–Crippen LogP) is 1.19. The molecule has 0 aromatic carbocycles. The summed E-state index contributed by atoms with van der Waals surface area (Å²) in [5.74, 6) is 1.10. The molecule has 0 saturated carbocycles. The molecule has 1 aliphatic rings. The van der Waals surface area contributed by atoms with E-state index in [1.165, 1.54) is 0 Å². The predicted molar refractivity (Wildman–Crippen MR) is 72.9 cm³/mol. The molecule has 2 heterocycles. The molecule has 0 radical (unpaired) electrons. The Kier molecular flexibility index (Phi) is 3.96. The van der Waals surface area contributed by atoms with E-state index in [0.717, 1.165) is 36.9 Å². The Morgan fingerprint density at radius 2 is 1.88 bits per heavy atom. The minimum atomic E-state index is 0.238. The first-order chi connectivity index (χ1) is 8.11. The van der Waals surface area contributed by atoms with Gasteiger partial charge in [-0.15, -0.1) is 11.8 Å². The van der Waals surface area contributed by atoms with Gasteiger partial charge in [0.15, 0.2) is 0 Å². The van der Waals surface area contributed by atoms with E-state index in [9.17, 15) is 0 Å². The molecular formula is C10H16ClN5S. The zero-order chi connectivity index (χ0) is 12.4. The van der Waals surface area contributed by atoms with E-state index in [0.29, 0.717) is 5.15 Å². The first-order valence-corrected chi connectivity index (χ1v) is 7.02. The average molecular weight is 274 g/mol. The molecule has 0 amide bonds. The van der Waals surface area contributed by atoms with Gasteiger partial charge < -0.3 is 15.5 Å². The lowest BCUT2D eigenvalue weighted by molar-refractivity contribution is 0.311. The molecule has 0 spiro atoms. The first kappa shape index (κ1) is 12.7. The lowest BCUT2D eigenvalue weighted by atomic mass is 10.3. The van der Waals surface area contributed by atoms with Gasteiger partial charge in [-0.1, -0.05) is 11.6 Å². The number of rotatable bonds is 2. The Bertz CT molecular complexity index is 406. The highest BCUT2D eigenvalue weighted by atomic mass is 35.5. The van der Waals surface area contributed by atoms with Crippen LogP contribution in [0.25, 0.3) is 0 Å². The molecule has 1 aliphatic heterocycles. The molecule has 94 valence electrons. The maximum absolute atomic E-state index is 6.09. The number of aromatic nitrogens is 2. The molecule has 1 aromatic rings. The lowest BCUT2D eigenvalue weighted by Crippen LogP contribution is -2.45. The molecule has 2 rings (SSSR count). The summed E-state index contributed by atoms with van der Waals surface area (Å²) < 4.78 is 0. The molecule has 2 N–H and O–H groups in total. The van der Waals surface area contributed by atoms with E-state index in [-0.39, 0.29) is 5.95 Å². The standard InChI is InChI=1S/C10H16ClN5S/c1-15-3-5-16(6-4-15)9-7(17-2)8(11)13-10(12)14-9/h3-6H2,1-2H3,(H2,12,13,14). The van der Waals surface area contributed by atoms with E-state index in [2.05, 4.69) is 26.8 Å². The largest absolute Gasteiger partial charge is 0.368 e. The van der Waals surface area contributed by atoms with Gasteiger partial charge in [-0.2, -0.15) is 9.97 Å². The van der Waals surface area contributed by atoms with E-state index < -0.39 is 0 Å². The number of piperazine rings is 1. The second-order valence-electron chi connectivity index (χ2n) is 4.02. The summed E-state index contributed by atoms with van der Waals surface area (Å²) in [6.45, 7) is 3.93. The summed E-state index contributed by atoms with van der Waals surface area (Å²) in [4.78, 5) is 13.7. The van der Waals surface area contributed by atoms with E-state index in [1.54, 1.807) is 11.8 Å². The first-order valence-electron chi connectivity index (χ1n) is 5.42. The molecule has 1 fully saturated rings. The highest BCUT2D eigenvalue weighted by Gasteiger charge is 2.20. The van der Waals surface area contributed by atoms with Gasteiger partial charge in [-0.3, -0.25) is 0 Å². The summed E-state index contributed by atoms with van der Waals surface area (Å²) in [5.41, 5.74) is 5.66. The van der Waals surface area contributed by atoms with Gasteiger partial charge in [0.25, 0.3) is 0 Å². The molecule has 7 heteroatoms. The van der Waals surface area contributed by atoms with Crippen LogP contribution >= 0.6 is 23.4 Å². The normalized spacial score (nSPS) is 17.5. The Morgan fingerprint density at radius 3 is 2.47 bits per heavy atom. The number of thioether (sulfide) groups is 1. The smallest absolute Gasteiger partial charge is 0.223 e. The molecule has 0 unspecified atom stereocenters. The van der Waals surface area contributed by atoms with Crippen LogP contribution in [0, 0.1) is 0 Å². The maximum atomic E-state index is 6.09. The summed E-state index contributed by atoms with van der Waals surface area (Å²) in [6.07, 6.45) is 1.97. The van der Waals surface area contributed by atoms with Crippen LogP contribution in [0.2, 0.25) is 5.15 Å². The van der Waals surface area contributed by atoms with Crippen molar-refractivity contribution in [3.8, 4) is 0 Å². The number of hydrogen-bond donors (Lipinski definition) is 1. The van der Waals surface area contributed by atoms with Crippen molar-refractivity contribution in [1.82, 2.24) is 14.9 Å². The van der Waals surface area contributed by atoms with Crippen molar-refractivity contribution in [3.05, 3.63) is 5.15 Å². The number of likely N-dealkylation sites (N-methyl/N-ethyl adjacent to an activating group) is 1. The third-order valence-electron chi connectivity index (χ3n) is 2.83. The molecule has 1 saturated heterocycles. The van der Waals surface area contributed by atoms with E-state index in [1.807, 2.05) is 6.26 Å². The fourth-order valence-electron chi connectivity index (χ4n) is 1.84. The fraction of sp³-hybridized carbons (Fsp3) is 0.600. The van der Waals surface area contributed by atoms with Crippen molar-refractivity contribution in [2.45, 2.75) is 4.90 Å². The lowest BCUT2D eigenvalue weighted by Gasteiger charge is -2.34. The Balaban J connectivity index is 2.30. The van der Waals surface area contributed by atoms with E-state index >= 15 is 0 Å². The quantitative estimate of drug-likeness (QED) is 0.645. The van der Waals surface area contributed by atoms with Crippen LogP contribution in [0.1, 0.15) is 0 Å². The number of nitrogens with two attached hydrogens (primary N) is 1. The summed E-state index contributed by atoms with van der Waals surface area (Å²) in [5, 5.41) is 0.443. The SMILES string of the molecule is CSc1c(Cl)nc(N)nc1N1CCN(C)CC1. The zero-order valence-electron chi connectivity index (χ0n) is 9.98. The van der Waals surface area contributed by atoms with Gasteiger partial charge >= 0.3 is 0 Å². The van der Waals surface area contributed by atoms with Crippen LogP contribution in [0.4, 0.5) is 11.8 Å². The Hall–Kier alpha value is -0.720. The van der Waals surface area contributed by atoms with Gasteiger partial charge in [-0.05, 0) is 13.3 Å². The number of anilines is 2. The van der Waals surface area contributed by atoms with Crippen molar-refractivity contribution in [1.29, 1.82) is 0 Å². The van der Waals surface area contributed by atoms with Gasteiger partial charge in [0.2, 0.25) is 5.95 Å². The number of nitrogens with zero attached hydrogens (tertiary/aromatic N) is 4. The van der Waals surface area contributed by atoms with Crippen molar-refractivity contribution in [2.24, 2.45) is 0 Å². The minimum Gasteiger partial charge on any atom is -0.368 e. The second kappa shape index (κ2) is 5.29. The highest BCUT2D eigenvalue weighted by molar-refractivity contribution is 7.98. The van der Waals surface area contributed by atoms with Crippen molar-refractivity contribution in [2.75, 3.05) is 50.1 Å². The maximum Gasteiger partial charge on any atom is 0.223 e. The van der Waals surface area contributed by atoms with Crippen molar-refractivity contribution < 1.29 is 0 Å². The van der Waals surface area contributed by atoms with Gasteiger partial charge in [0.05, 0.1) is 4.90 Å². The van der Waals surface area contributed by atoms with Crippen molar-refractivity contribution >= 4 is 35.1 Å². The third-order valence-corrected chi connectivity index (χ3v) is 4.00. The average Bonchev–Trinajstić information content (AvgIpc) is 2.29. The fourth-order valence-corrected chi connectivity index (χ4v) is 2.81. The molecular weight excluding hydrogens is 258 g/mol. The minimum absolute atomic E-state index is 0.238. The van der Waals surface area contributed by atoms with Crippen LogP contribution in [-0.4, -0.2) is 54.4 Å². The Morgan fingerprint density at radius 1 is 1.24 bits per heavy atom. The number of halogens is 1. The summed E-state index contributed by atoms with van der Waals surface area (Å²) >= 11 is 7.65. The summed E-state index contributed by atoms with van der Waals surface area (Å²) in [6, 6.07) is 0. The van der Waals surface area contributed by atoms with Crippen LogP contribution in [0.15, 0.2) is 4.90 Å². The highest BCUT2D eigenvalue weighted by Crippen LogP contribution is 2.33. The topological polar surface area (TPSA) is 58.3 Å². The summed E-state index contributed by atoms with van der Waals surface area (Å²) in [7, 11) is 2.12. The van der Waals surface area contributed by atoms with Crippen LogP contribution in [0.5, 0.6) is 0 Å². The zero-order valence-corrected chi connectivity index (χ0v) is 11.6. The number of hydrogen-bond acceptors (Lipinski definition) is 6. The van der Waals surface area contributed by atoms with Gasteiger partial charge in [-0.25, -0.2) is 0 Å². The molecule has 0 atom stereocenters. The monoisotopic (exact) mass is 273 g/mol. The Labute approximate surface area is 110 Å². The molecule has 0 aliphatic carbocycles. The van der Waals surface area contributed by atoms with Crippen LogP contribution < -0.4 is 10.6 Å². The second-order valence-corrected chi connectivity index (χ2v) is 5.19. The van der Waals surface area contributed by atoms with Crippen LogP contribution in [0.3, 0.4) is 0 Å². The van der Waals surface area contributed by atoms with Gasteiger partial charge in [0.1, 0.15) is 11.0 Å². The van der Waals surface area contributed by atoms with Crippen LogP contribution in [-0.2, 0) is 0 Å². The third kappa shape index (κ3) is 2.75.